The maximum Gasteiger partial charge on any atom is 0.226 e. The van der Waals surface area contributed by atoms with Crippen LogP contribution in [0.1, 0.15) is 56.6 Å². The maximum atomic E-state index is 13.1. The topological polar surface area (TPSA) is 23.6 Å². The van der Waals surface area contributed by atoms with Gasteiger partial charge >= 0.3 is 0 Å². The molecule has 0 bridgehead atoms. The van der Waals surface area contributed by atoms with Gasteiger partial charge in [-0.05, 0) is 31.2 Å². The Morgan fingerprint density at radius 2 is 1.65 bits per heavy atom. The van der Waals surface area contributed by atoms with E-state index >= 15 is 0 Å². The first kappa shape index (κ1) is 15.2. The van der Waals surface area contributed by atoms with Crippen LogP contribution >= 0.6 is 0 Å². The van der Waals surface area contributed by atoms with Gasteiger partial charge in [-0.15, -0.1) is 0 Å². The maximum absolute atomic E-state index is 13.1. The molecule has 1 amide bonds. The number of hydrogen-bond donors (Lipinski definition) is 0. The van der Waals surface area contributed by atoms with Gasteiger partial charge in [-0.1, -0.05) is 49.6 Å². The highest BCUT2D eigenvalue weighted by molar-refractivity contribution is 5.79. The minimum absolute atomic E-state index is 0.250. The van der Waals surface area contributed by atoms with Crippen LogP contribution in [0.25, 0.3) is 0 Å². The highest BCUT2D eigenvalue weighted by atomic mass is 16.2. The van der Waals surface area contributed by atoms with E-state index in [1.54, 1.807) is 0 Å². The first-order valence-corrected chi connectivity index (χ1v) is 9.42. The molecule has 23 heavy (non-hydrogen) atoms. The van der Waals surface area contributed by atoms with Gasteiger partial charge in [-0.25, -0.2) is 0 Å². The second-order valence-electron chi connectivity index (χ2n) is 7.52. The summed E-state index contributed by atoms with van der Waals surface area (Å²) in [4.78, 5) is 18.0. The van der Waals surface area contributed by atoms with Crippen molar-refractivity contribution >= 4 is 5.91 Å². The van der Waals surface area contributed by atoms with Crippen molar-refractivity contribution in [1.82, 2.24) is 9.80 Å². The molecule has 1 saturated heterocycles. The predicted octanol–water partition coefficient (Wildman–Crippen LogP) is 3.61. The highest BCUT2D eigenvalue weighted by Crippen LogP contribution is 2.35. The van der Waals surface area contributed by atoms with Gasteiger partial charge < -0.3 is 4.90 Å². The summed E-state index contributed by atoms with van der Waals surface area (Å²) < 4.78 is 0. The minimum Gasteiger partial charge on any atom is -0.333 e. The molecule has 4 rings (SSSR count). The Kier molecular flexibility index (Phi) is 4.39. The van der Waals surface area contributed by atoms with Crippen LogP contribution in [0.15, 0.2) is 30.3 Å². The summed E-state index contributed by atoms with van der Waals surface area (Å²) >= 11 is 0. The van der Waals surface area contributed by atoms with E-state index in [9.17, 15) is 4.79 Å². The van der Waals surface area contributed by atoms with Crippen molar-refractivity contribution in [1.29, 1.82) is 0 Å². The number of piperazine rings is 1. The number of carbonyl (C=O) groups is 1. The van der Waals surface area contributed by atoms with E-state index in [2.05, 4.69) is 40.1 Å². The lowest BCUT2D eigenvalue weighted by atomic mass is 9.87. The summed E-state index contributed by atoms with van der Waals surface area (Å²) in [5.41, 5.74) is 1.31. The molecule has 0 spiro atoms. The molecule has 1 unspecified atom stereocenters. The number of carbonyl (C=O) groups excluding carboxylic acids is 1. The molecule has 1 heterocycles. The zero-order valence-corrected chi connectivity index (χ0v) is 14.0. The number of benzene rings is 1. The van der Waals surface area contributed by atoms with E-state index in [0.717, 1.165) is 38.5 Å². The highest BCUT2D eigenvalue weighted by Gasteiger charge is 2.39. The molecule has 3 heteroatoms. The third kappa shape index (κ3) is 3.30. The predicted molar refractivity (Wildman–Crippen MR) is 92.1 cm³/mol. The zero-order valence-electron chi connectivity index (χ0n) is 14.0. The van der Waals surface area contributed by atoms with Gasteiger partial charge in [0.25, 0.3) is 0 Å². The summed E-state index contributed by atoms with van der Waals surface area (Å²) in [6.07, 6.45) is 8.66. The number of amides is 1. The van der Waals surface area contributed by atoms with E-state index in [4.69, 9.17) is 0 Å². The van der Waals surface area contributed by atoms with Crippen LogP contribution in [0.3, 0.4) is 0 Å². The van der Waals surface area contributed by atoms with Gasteiger partial charge in [0.15, 0.2) is 0 Å². The van der Waals surface area contributed by atoms with Gasteiger partial charge in [0.1, 0.15) is 0 Å². The van der Waals surface area contributed by atoms with Crippen molar-refractivity contribution in [3.05, 3.63) is 35.9 Å². The summed E-state index contributed by atoms with van der Waals surface area (Å²) in [5, 5.41) is 0. The van der Waals surface area contributed by atoms with Crippen LogP contribution < -0.4 is 0 Å². The lowest BCUT2D eigenvalue weighted by Gasteiger charge is -2.43. The summed E-state index contributed by atoms with van der Waals surface area (Å²) in [7, 11) is 0. The van der Waals surface area contributed by atoms with Gasteiger partial charge in [-0.2, -0.15) is 0 Å². The van der Waals surface area contributed by atoms with E-state index in [0.29, 0.717) is 5.91 Å². The van der Waals surface area contributed by atoms with Crippen molar-refractivity contribution < 1.29 is 4.79 Å². The molecule has 1 aliphatic heterocycles. The van der Waals surface area contributed by atoms with E-state index in [1.807, 2.05) is 0 Å². The van der Waals surface area contributed by atoms with Crippen LogP contribution in [-0.4, -0.2) is 41.4 Å². The Morgan fingerprint density at radius 1 is 0.913 bits per heavy atom. The van der Waals surface area contributed by atoms with Gasteiger partial charge in [0.2, 0.25) is 5.91 Å². The quantitative estimate of drug-likeness (QED) is 0.851. The van der Waals surface area contributed by atoms with E-state index in [-0.39, 0.29) is 12.0 Å². The van der Waals surface area contributed by atoms with Gasteiger partial charge in [0, 0.05) is 31.6 Å². The standard InChI is InChI=1S/C20H28N2O/c23-20(17-9-5-2-6-10-17)22-14-13-21(18-11-12-18)15-19(22)16-7-3-1-4-8-16/h1,3-4,7-8,17-19H,2,5-6,9-15H2. The minimum atomic E-state index is 0.250. The largest absolute Gasteiger partial charge is 0.333 e. The Balaban J connectivity index is 1.54. The van der Waals surface area contributed by atoms with Crippen LogP contribution in [-0.2, 0) is 4.79 Å². The third-order valence-electron chi connectivity index (χ3n) is 5.90. The van der Waals surface area contributed by atoms with Crippen molar-refractivity contribution in [2.45, 2.75) is 57.0 Å². The molecule has 3 nitrogen and oxygen atoms in total. The molecule has 0 N–H and O–H groups in total. The van der Waals surface area contributed by atoms with Crippen molar-refractivity contribution in [3.63, 3.8) is 0 Å². The molecular weight excluding hydrogens is 284 g/mol. The Morgan fingerprint density at radius 3 is 2.35 bits per heavy atom. The first-order valence-electron chi connectivity index (χ1n) is 9.42. The second kappa shape index (κ2) is 6.64. The SMILES string of the molecule is O=C(C1CCCCC1)N1CCN(C2CC2)CC1c1ccccc1. The number of hydrogen-bond acceptors (Lipinski definition) is 2. The first-order chi connectivity index (χ1) is 11.3. The van der Waals surface area contributed by atoms with Crippen molar-refractivity contribution in [2.24, 2.45) is 5.92 Å². The molecular formula is C20H28N2O. The average molecular weight is 312 g/mol. The molecule has 0 radical (unpaired) electrons. The van der Waals surface area contributed by atoms with E-state index < -0.39 is 0 Å². The van der Waals surface area contributed by atoms with Gasteiger partial charge in [0.05, 0.1) is 6.04 Å². The summed E-state index contributed by atoms with van der Waals surface area (Å²) in [6.45, 7) is 2.99. The van der Waals surface area contributed by atoms with E-state index in [1.165, 1.54) is 37.7 Å². The van der Waals surface area contributed by atoms with Crippen LogP contribution in [0.5, 0.6) is 0 Å². The van der Waals surface area contributed by atoms with Gasteiger partial charge in [-0.3, -0.25) is 9.69 Å². The Hall–Kier alpha value is -1.35. The molecule has 2 aliphatic carbocycles. The zero-order chi connectivity index (χ0) is 15.6. The third-order valence-corrected chi connectivity index (χ3v) is 5.90. The fourth-order valence-electron chi connectivity index (χ4n) is 4.38. The molecule has 2 saturated carbocycles. The number of nitrogens with zero attached hydrogens (tertiary/aromatic N) is 2. The van der Waals surface area contributed by atoms with Crippen LogP contribution in [0, 0.1) is 5.92 Å². The molecule has 1 aromatic carbocycles. The average Bonchev–Trinajstić information content (AvgIpc) is 3.47. The summed E-state index contributed by atoms with van der Waals surface area (Å²) in [6, 6.07) is 11.7. The monoisotopic (exact) mass is 312 g/mol. The van der Waals surface area contributed by atoms with Crippen LogP contribution in [0.2, 0.25) is 0 Å². The summed E-state index contributed by atoms with van der Waals surface area (Å²) in [5.74, 6) is 0.705. The Labute approximate surface area is 139 Å². The molecule has 124 valence electrons. The molecule has 3 fully saturated rings. The molecule has 1 atom stereocenters. The van der Waals surface area contributed by atoms with Crippen LogP contribution in [0.4, 0.5) is 0 Å². The van der Waals surface area contributed by atoms with Crippen molar-refractivity contribution in [3.8, 4) is 0 Å². The second-order valence-corrected chi connectivity index (χ2v) is 7.52. The molecule has 0 aromatic heterocycles. The molecule has 3 aliphatic rings. The lowest BCUT2D eigenvalue weighted by molar-refractivity contribution is -0.142. The lowest BCUT2D eigenvalue weighted by Crippen LogP contribution is -2.52. The Bertz CT molecular complexity index is 534. The van der Waals surface area contributed by atoms with Crippen molar-refractivity contribution in [2.75, 3.05) is 19.6 Å². The fraction of sp³-hybridized carbons (Fsp3) is 0.650. The fourth-order valence-corrected chi connectivity index (χ4v) is 4.38. The smallest absolute Gasteiger partial charge is 0.226 e. The normalized spacial score (nSPS) is 27.1. The molecule has 1 aromatic rings. The number of rotatable bonds is 3.